The minimum atomic E-state index is -1.09. The molecular formula is C17H13FN2O4. The summed E-state index contributed by atoms with van der Waals surface area (Å²) in [5.41, 5.74) is 0.773. The fourth-order valence-corrected chi connectivity index (χ4v) is 2.55. The van der Waals surface area contributed by atoms with E-state index in [1.807, 2.05) is 0 Å². The van der Waals surface area contributed by atoms with E-state index in [2.05, 4.69) is 5.32 Å². The smallest absolute Gasteiger partial charge is 0.335 e. The Balaban J connectivity index is 1.80. The molecular weight excluding hydrogens is 315 g/mol. The van der Waals surface area contributed by atoms with Gasteiger partial charge in [-0.3, -0.25) is 9.59 Å². The predicted molar refractivity (Wildman–Crippen MR) is 84.3 cm³/mol. The molecule has 0 saturated carbocycles. The lowest BCUT2D eigenvalue weighted by atomic mass is 10.2. The maximum atomic E-state index is 13.2. The van der Waals surface area contributed by atoms with Crippen molar-refractivity contribution in [2.24, 2.45) is 0 Å². The van der Waals surface area contributed by atoms with Gasteiger partial charge in [0.15, 0.2) is 0 Å². The maximum absolute atomic E-state index is 13.2. The molecule has 1 heterocycles. The molecule has 1 fully saturated rings. The van der Waals surface area contributed by atoms with Gasteiger partial charge in [-0.1, -0.05) is 6.07 Å². The summed E-state index contributed by atoms with van der Waals surface area (Å²) in [5, 5.41) is 11.7. The van der Waals surface area contributed by atoms with Gasteiger partial charge in [-0.25, -0.2) is 14.1 Å². The van der Waals surface area contributed by atoms with Gasteiger partial charge in [0.25, 0.3) is 5.91 Å². The van der Waals surface area contributed by atoms with Gasteiger partial charge in [0.1, 0.15) is 11.9 Å². The Bertz CT molecular complexity index is 820. The topological polar surface area (TPSA) is 86.7 Å². The van der Waals surface area contributed by atoms with Crippen LogP contribution in [0.4, 0.5) is 15.8 Å². The molecule has 2 N–H and O–H groups in total. The fourth-order valence-electron chi connectivity index (χ4n) is 2.55. The van der Waals surface area contributed by atoms with Gasteiger partial charge in [0.2, 0.25) is 5.91 Å². The van der Waals surface area contributed by atoms with Crippen LogP contribution in [-0.4, -0.2) is 28.9 Å². The van der Waals surface area contributed by atoms with Crippen molar-refractivity contribution in [3.63, 3.8) is 0 Å². The third-order valence-corrected chi connectivity index (χ3v) is 3.68. The third-order valence-electron chi connectivity index (χ3n) is 3.68. The number of rotatable bonds is 4. The van der Waals surface area contributed by atoms with Crippen LogP contribution in [0.1, 0.15) is 16.8 Å². The van der Waals surface area contributed by atoms with Gasteiger partial charge >= 0.3 is 5.97 Å². The van der Waals surface area contributed by atoms with Gasteiger partial charge in [0, 0.05) is 5.69 Å². The molecule has 1 aliphatic rings. The number of imide groups is 1. The molecule has 24 heavy (non-hydrogen) atoms. The average molecular weight is 328 g/mol. The van der Waals surface area contributed by atoms with Gasteiger partial charge < -0.3 is 10.4 Å². The molecule has 0 radical (unpaired) electrons. The van der Waals surface area contributed by atoms with Crippen LogP contribution in [0.15, 0.2) is 48.5 Å². The lowest BCUT2D eigenvalue weighted by Gasteiger charge is -2.16. The predicted octanol–water partition coefficient (Wildman–Crippen LogP) is 2.27. The molecule has 0 aliphatic carbocycles. The van der Waals surface area contributed by atoms with E-state index in [1.54, 1.807) is 6.07 Å². The highest BCUT2D eigenvalue weighted by Crippen LogP contribution is 2.25. The second-order valence-corrected chi connectivity index (χ2v) is 5.33. The molecule has 1 unspecified atom stereocenters. The summed E-state index contributed by atoms with van der Waals surface area (Å²) < 4.78 is 13.2. The van der Waals surface area contributed by atoms with Crippen molar-refractivity contribution in [1.29, 1.82) is 0 Å². The van der Waals surface area contributed by atoms with Crippen molar-refractivity contribution in [3.05, 3.63) is 59.9 Å². The van der Waals surface area contributed by atoms with Crippen molar-refractivity contribution in [2.45, 2.75) is 12.5 Å². The van der Waals surface area contributed by atoms with Crippen LogP contribution in [0.25, 0.3) is 0 Å². The highest BCUT2D eigenvalue weighted by atomic mass is 19.1. The number of carboxylic acids is 1. The third kappa shape index (κ3) is 2.96. The van der Waals surface area contributed by atoms with E-state index in [9.17, 15) is 18.8 Å². The number of nitrogens with zero attached hydrogens (tertiary/aromatic N) is 1. The van der Waals surface area contributed by atoms with Crippen molar-refractivity contribution < 1.29 is 23.9 Å². The second kappa shape index (κ2) is 6.11. The molecule has 3 rings (SSSR count). The lowest BCUT2D eigenvalue weighted by Crippen LogP contribution is -2.34. The van der Waals surface area contributed by atoms with E-state index in [0.717, 1.165) is 4.90 Å². The van der Waals surface area contributed by atoms with E-state index >= 15 is 0 Å². The minimum absolute atomic E-state index is 0.0595. The number of anilines is 2. The first-order valence-electron chi connectivity index (χ1n) is 7.18. The Hall–Kier alpha value is -3.22. The normalized spacial score (nSPS) is 17.2. The molecule has 1 atom stereocenters. The first-order chi connectivity index (χ1) is 11.5. The number of halogens is 1. The molecule has 0 bridgehead atoms. The molecule has 7 heteroatoms. The molecule has 122 valence electrons. The molecule has 2 aromatic rings. The minimum Gasteiger partial charge on any atom is -0.478 e. The number of benzene rings is 2. The molecule has 6 nitrogen and oxygen atoms in total. The average Bonchev–Trinajstić information content (AvgIpc) is 2.81. The highest BCUT2D eigenvalue weighted by molar-refractivity contribution is 6.23. The summed E-state index contributed by atoms with van der Waals surface area (Å²) >= 11 is 0. The van der Waals surface area contributed by atoms with Crippen molar-refractivity contribution in [1.82, 2.24) is 0 Å². The summed E-state index contributed by atoms with van der Waals surface area (Å²) in [7, 11) is 0. The van der Waals surface area contributed by atoms with Crippen molar-refractivity contribution in [2.75, 3.05) is 10.2 Å². The van der Waals surface area contributed by atoms with Crippen LogP contribution in [0, 0.1) is 5.82 Å². The summed E-state index contributed by atoms with van der Waals surface area (Å²) in [6.45, 7) is 0. The lowest BCUT2D eigenvalue weighted by molar-refractivity contribution is -0.121. The van der Waals surface area contributed by atoms with Gasteiger partial charge in [-0.15, -0.1) is 0 Å². The first-order valence-corrected chi connectivity index (χ1v) is 7.18. The Labute approximate surface area is 136 Å². The van der Waals surface area contributed by atoms with Crippen molar-refractivity contribution >= 4 is 29.2 Å². The Morgan fingerprint density at radius 1 is 1.17 bits per heavy atom. The molecule has 0 spiro atoms. The number of carbonyl (C=O) groups excluding carboxylic acids is 2. The van der Waals surface area contributed by atoms with E-state index < -0.39 is 29.6 Å². The SMILES string of the molecule is O=C(O)c1ccc(N2C(=O)CC(Nc3cccc(F)c3)C2=O)cc1. The van der Waals surface area contributed by atoms with Crippen LogP contribution < -0.4 is 10.2 Å². The van der Waals surface area contributed by atoms with Gasteiger partial charge in [0.05, 0.1) is 17.7 Å². The number of aromatic carboxylic acids is 1. The quantitative estimate of drug-likeness (QED) is 0.841. The zero-order valence-electron chi connectivity index (χ0n) is 12.4. The summed E-state index contributed by atoms with van der Waals surface area (Å²) in [6, 6.07) is 10.3. The van der Waals surface area contributed by atoms with Crippen LogP contribution in [0.5, 0.6) is 0 Å². The van der Waals surface area contributed by atoms with Gasteiger partial charge in [-0.05, 0) is 42.5 Å². The highest BCUT2D eigenvalue weighted by Gasteiger charge is 2.39. The van der Waals surface area contributed by atoms with Gasteiger partial charge in [-0.2, -0.15) is 0 Å². The largest absolute Gasteiger partial charge is 0.478 e. The standard InChI is InChI=1S/C17H13FN2O4/c18-11-2-1-3-12(8-11)19-14-9-15(21)20(16(14)22)13-6-4-10(5-7-13)17(23)24/h1-8,14,19H,9H2,(H,23,24). The second-order valence-electron chi connectivity index (χ2n) is 5.33. The maximum Gasteiger partial charge on any atom is 0.335 e. The molecule has 2 aromatic carbocycles. The Kier molecular flexibility index (Phi) is 3.99. The number of hydrogen-bond donors (Lipinski definition) is 2. The van der Waals surface area contributed by atoms with Crippen LogP contribution >= 0.6 is 0 Å². The fraction of sp³-hybridized carbons (Fsp3) is 0.118. The van der Waals surface area contributed by atoms with Crippen LogP contribution in [-0.2, 0) is 9.59 Å². The monoisotopic (exact) mass is 328 g/mol. The zero-order valence-corrected chi connectivity index (χ0v) is 12.4. The first kappa shape index (κ1) is 15.7. The van der Waals surface area contributed by atoms with E-state index in [0.29, 0.717) is 11.4 Å². The number of nitrogens with one attached hydrogen (secondary N) is 1. The molecule has 2 amide bonds. The molecule has 1 saturated heterocycles. The summed E-state index contributed by atoms with van der Waals surface area (Å²) in [6.07, 6.45) is -0.0595. The Morgan fingerprint density at radius 2 is 1.88 bits per heavy atom. The van der Waals surface area contributed by atoms with Crippen LogP contribution in [0.2, 0.25) is 0 Å². The van der Waals surface area contributed by atoms with Crippen LogP contribution in [0.3, 0.4) is 0 Å². The summed E-state index contributed by atoms with van der Waals surface area (Å²) in [5.74, 6) is -2.41. The number of amides is 2. The van der Waals surface area contributed by atoms with Crippen molar-refractivity contribution in [3.8, 4) is 0 Å². The Morgan fingerprint density at radius 3 is 2.50 bits per heavy atom. The number of carboxylic acid groups (broad SMARTS) is 1. The summed E-state index contributed by atoms with van der Waals surface area (Å²) in [4.78, 5) is 36.5. The van der Waals surface area contributed by atoms with E-state index in [1.165, 1.54) is 42.5 Å². The van der Waals surface area contributed by atoms with E-state index in [-0.39, 0.29) is 12.0 Å². The number of hydrogen-bond acceptors (Lipinski definition) is 4. The zero-order chi connectivity index (χ0) is 17.3. The number of carbonyl (C=O) groups is 3. The molecule has 1 aliphatic heterocycles. The molecule has 0 aromatic heterocycles. The van der Waals surface area contributed by atoms with E-state index in [4.69, 9.17) is 5.11 Å².